The molecule has 67 heavy (non-hydrogen) atoms. The second kappa shape index (κ2) is 57.2. The van der Waals surface area contributed by atoms with Gasteiger partial charge in [0, 0.05) is 12.8 Å². The molecule has 0 aromatic rings. The van der Waals surface area contributed by atoms with Crippen LogP contribution in [0.25, 0.3) is 0 Å². The largest absolute Gasteiger partial charge is 0.466 e. The number of rotatable bonds is 57. The molecule has 2 atom stereocenters. The van der Waals surface area contributed by atoms with Crippen LogP contribution in [0.5, 0.6) is 0 Å². The zero-order valence-electron chi connectivity index (χ0n) is 45.4. The Labute approximate surface area is 419 Å². The molecule has 0 aliphatic heterocycles. The lowest BCUT2D eigenvalue weighted by Crippen LogP contribution is -2.45. The van der Waals surface area contributed by atoms with Crippen LogP contribution in [0.3, 0.4) is 0 Å². The van der Waals surface area contributed by atoms with E-state index in [1.807, 2.05) is 0 Å². The van der Waals surface area contributed by atoms with E-state index in [-0.39, 0.29) is 18.5 Å². The highest BCUT2D eigenvalue weighted by Gasteiger charge is 2.20. The zero-order chi connectivity index (χ0) is 48.6. The lowest BCUT2D eigenvalue weighted by molar-refractivity contribution is -0.143. The van der Waals surface area contributed by atoms with Crippen molar-refractivity contribution in [3.8, 4) is 0 Å². The van der Waals surface area contributed by atoms with Gasteiger partial charge in [0.2, 0.25) is 5.91 Å². The van der Waals surface area contributed by atoms with Gasteiger partial charge in [-0.2, -0.15) is 0 Å². The highest BCUT2D eigenvalue weighted by Crippen LogP contribution is 2.18. The minimum Gasteiger partial charge on any atom is -0.466 e. The number of nitrogens with one attached hydrogen (secondary N) is 1. The fraction of sp³-hybridized carbons (Fsp3) is 0.934. The molecule has 0 heterocycles. The Kier molecular flexibility index (Phi) is 56.0. The molecule has 0 aliphatic rings. The number of aliphatic hydroxyl groups excluding tert-OH is 2. The molecule has 0 saturated carbocycles. The maximum absolute atomic E-state index is 12.4. The van der Waals surface area contributed by atoms with Crippen molar-refractivity contribution in [3.63, 3.8) is 0 Å². The molecule has 0 radical (unpaired) electrons. The van der Waals surface area contributed by atoms with Crippen LogP contribution in [0.1, 0.15) is 341 Å². The summed E-state index contributed by atoms with van der Waals surface area (Å²) in [6, 6.07) is -0.547. The molecule has 0 rings (SSSR count). The number of ether oxygens (including phenoxy) is 1. The first-order chi connectivity index (χ1) is 33.0. The van der Waals surface area contributed by atoms with Crippen molar-refractivity contribution < 1.29 is 24.5 Å². The van der Waals surface area contributed by atoms with Crippen LogP contribution < -0.4 is 5.32 Å². The summed E-state index contributed by atoms with van der Waals surface area (Å²) in [6.07, 6.45) is 67.9. The Morgan fingerprint density at radius 1 is 0.403 bits per heavy atom. The van der Waals surface area contributed by atoms with Gasteiger partial charge >= 0.3 is 5.97 Å². The fourth-order valence-electron chi connectivity index (χ4n) is 9.64. The predicted octanol–water partition coefficient (Wildman–Crippen LogP) is 18.9. The van der Waals surface area contributed by atoms with Crippen LogP contribution in [-0.2, 0) is 14.3 Å². The summed E-state index contributed by atoms with van der Waals surface area (Å²) >= 11 is 0. The van der Waals surface area contributed by atoms with Gasteiger partial charge in [-0.25, -0.2) is 0 Å². The summed E-state index contributed by atoms with van der Waals surface area (Å²) in [4.78, 5) is 24.5. The Bertz CT molecular complexity index is 1000. The highest BCUT2D eigenvalue weighted by atomic mass is 16.5. The summed E-state index contributed by atoms with van der Waals surface area (Å²) < 4.78 is 5.50. The second-order valence-corrected chi connectivity index (χ2v) is 21.0. The van der Waals surface area contributed by atoms with Crippen molar-refractivity contribution in [1.29, 1.82) is 0 Å². The summed E-state index contributed by atoms with van der Waals surface area (Å²) in [6.45, 7) is 4.96. The van der Waals surface area contributed by atoms with Crippen molar-refractivity contribution in [2.45, 2.75) is 353 Å². The van der Waals surface area contributed by atoms with Crippen LogP contribution in [0.2, 0.25) is 0 Å². The number of unbranched alkanes of at least 4 members (excludes halogenated alkanes) is 44. The van der Waals surface area contributed by atoms with Gasteiger partial charge in [0.05, 0.1) is 25.4 Å². The Morgan fingerprint density at radius 2 is 0.701 bits per heavy atom. The zero-order valence-corrected chi connectivity index (χ0v) is 45.4. The maximum atomic E-state index is 12.4. The molecular formula is C61H119NO5. The summed E-state index contributed by atoms with van der Waals surface area (Å²) in [7, 11) is 0. The number of hydrogen-bond acceptors (Lipinski definition) is 5. The smallest absolute Gasteiger partial charge is 0.305 e. The Hall–Kier alpha value is -1.40. The molecule has 0 aromatic heterocycles. The van der Waals surface area contributed by atoms with Crippen molar-refractivity contribution in [3.05, 3.63) is 12.2 Å². The molecule has 0 aromatic carbocycles. The topological polar surface area (TPSA) is 95.9 Å². The normalized spacial score (nSPS) is 12.6. The minimum absolute atomic E-state index is 0.00928. The molecule has 398 valence electrons. The molecule has 6 heteroatoms. The van der Waals surface area contributed by atoms with E-state index in [0.717, 1.165) is 38.5 Å². The third-order valence-electron chi connectivity index (χ3n) is 14.3. The van der Waals surface area contributed by atoms with E-state index in [4.69, 9.17) is 4.74 Å². The van der Waals surface area contributed by atoms with Crippen molar-refractivity contribution in [1.82, 2.24) is 5.32 Å². The van der Waals surface area contributed by atoms with Gasteiger partial charge in [-0.15, -0.1) is 0 Å². The van der Waals surface area contributed by atoms with Gasteiger partial charge in [-0.05, 0) is 51.4 Å². The van der Waals surface area contributed by atoms with Crippen molar-refractivity contribution in [2.75, 3.05) is 13.2 Å². The lowest BCUT2D eigenvalue weighted by Gasteiger charge is -2.22. The van der Waals surface area contributed by atoms with Crippen LogP contribution in [-0.4, -0.2) is 47.4 Å². The average molecular weight is 947 g/mol. The molecule has 1 amide bonds. The van der Waals surface area contributed by atoms with Gasteiger partial charge < -0.3 is 20.3 Å². The van der Waals surface area contributed by atoms with E-state index in [0.29, 0.717) is 25.9 Å². The Balaban J connectivity index is 3.39. The summed E-state index contributed by atoms with van der Waals surface area (Å²) in [5.41, 5.74) is 0. The van der Waals surface area contributed by atoms with Crippen molar-refractivity contribution >= 4 is 11.9 Å². The minimum atomic E-state index is -0.668. The van der Waals surface area contributed by atoms with Gasteiger partial charge in [-0.1, -0.05) is 289 Å². The molecule has 0 spiro atoms. The van der Waals surface area contributed by atoms with Crippen LogP contribution >= 0.6 is 0 Å². The van der Waals surface area contributed by atoms with E-state index >= 15 is 0 Å². The fourth-order valence-corrected chi connectivity index (χ4v) is 9.64. The molecule has 6 nitrogen and oxygen atoms in total. The second-order valence-electron chi connectivity index (χ2n) is 21.0. The van der Waals surface area contributed by atoms with Crippen LogP contribution in [0.15, 0.2) is 12.2 Å². The van der Waals surface area contributed by atoms with E-state index in [1.165, 1.54) is 270 Å². The maximum Gasteiger partial charge on any atom is 0.305 e. The van der Waals surface area contributed by atoms with Crippen molar-refractivity contribution in [2.24, 2.45) is 0 Å². The SMILES string of the molecule is CCCCCCCCCCCCCCCCCCCCCC(=O)OCCCCCCCCCC/C=C\CCCCCCCCCC(=O)NC(CO)C(O)CCCCCCCCCCCCCC. The molecule has 2 unspecified atom stereocenters. The van der Waals surface area contributed by atoms with E-state index in [9.17, 15) is 19.8 Å². The number of allylic oxidation sites excluding steroid dienone is 2. The van der Waals surface area contributed by atoms with Crippen LogP contribution in [0, 0.1) is 0 Å². The number of aliphatic hydroxyl groups is 2. The number of carbonyl (C=O) groups is 2. The molecule has 3 N–H and O–H groups in total. The summed E-state index contributed by atoms with van der Waals surface area (Å²) in [5.74, 6) is -0.0344. The number of esters is 1. The number of hydrogen-bond donors (Lipinski definition) is 3. The molecular weight excluding hydrogens is 827 g/mol. The van der Waals surface area contributed by atoms with Gasteiger partial charge in [0.25, 0.3) is 0 Å². The third kappa shape index (κ3) is 53.8. The van der Waals surface area contributed by atoms with E-state index < -0.39 is 12.1 Å². The molecule has 0 bridgehead atoms. The van der Waals surface area contributed by atoms with E-state index in [2.05, 4.69) is 31.3 Å². The first-order valence-electron chi connectivity index (χ1n) is 30.4. The van der Waals surface area contributed by atoms with Gasteiger partial charge in [-0.3, -0.25) is 9.59 Å². The molecule has 0 fully saturated rings. The first kappa shape index (κ1) is 65.6. The standard InChI is InChI=1S/C61H119NO5/c1-3-5-7-9-11-13-15-17-18-19-21-25-28-31-35-39-43-47-51-55-61(66)67-56-52-48-44-40-36-32-29-26-23-20-22-24-27-30-34-38-42-46-50-54-60(65)62-58(57-63)59(64)53-49-45-41-37-33-16-14-12-10-8-6-4-2/h20,22,58-59,63-64H,3-19,21,23-57H2,1-2H3,(H,62,65)/b22-20-. The average Bonchev–Trinajstić information content (AvgIpc) is 3.33. The monoisotopic (exact) mass is 946 g/mol. The summed E-state index contributed by atoms with van der Waals surface area (Å²) in [5, 5.41) is 23.2. The van der Waals surface area contributed by atoms with Crippen LogP contribution in [0.4, 0.5) is 0 Å². The third-order valence-corrected chi connectivity index (χ3v) is 14.3. The molecule has 0 aliphatic carbocycles. The number of amides is 1. The Morgan fingerprint density at radius 3 is 1.06 bits per heavy atom. The molecule has 0 saturated heterocycles. The lowest BCUT2D eigenvalue weighted by atomic mass is 10.0. The van der Waals surface area contributed by atoms with Gasteiger partial charge in [0.1, 0.15) is 0 Å². The van der Waals surface area contributed by atoms with E-state index in [1.54, 1.807) is 0 Å². The quantitative estimate of drug-likeness (QED) is 0.0321. The van der Waals surface area contributed by atoms with Gasteiger partial charge in [0.15, 0.2) is 0 Å². The highest BCUT2D eigenvalue weighted by molar-refractivity contribution is 5.76. The number of carbonyl (C=O) groups excluding carboxylic acids is 2. The first-order valence-corrected chi connectivity index (χ1v) is 30.4. The predicted molar refractivity (Wildman–Crippen MR) is 292 cm³/mol.